The molecule has 3 nitrogen and oxygen atoms in total. The van der Waals surface area contributed by atoms with Crippen LogP contribution in [0.1, 0.15) is 38.2 Å². The van der Waals surface area contributed by atoms with Crippen molar-refractivity contribution in [2.24, 2.45) is 0 Å². The van der Waals surface area contributed by atoms with Crippen LogP contribution in [0.15, 0.2) is 30.3 Å². The second kappa shape index (κ2) is 8.48. The van der Waals surface area contributed by atoms with E-state index in [1.807, 2.05) is 24.3 Å². The number of carbonyl (C=O) groups excluding carboxylic acids is 1. The zero-order valence-corrected chi connectivity index (χ0v) is 10.9. The standard InChI is InChI=1S/C15H21NO2/c1-13(18)16-15-10-8-14(9-11-15)7-5-3-2-4-6-12-17/h5,7-11,17H,2-4,6,12H2,1H3,(H,16,18)/b7-5-. The minimum absolute atomic E-state index is 0.0535. The molecular weight excluding hydrogens is 226 g/mol. The van der Waals surface area contributed by atoms with Crippen molar-refractivity contribution in [1.82, 2.24) is 0 Å². The molecule has 98 valence electrons. The molecule has 0 unspecified atom stereocenters. The van der Waals surface area contributed by atoms with Crippen molar-refractivity contribution in [3.8, 4) is 0 Å². The van der Waals surface area contributed by atoms with Crippen LogP contribution in [0.3, 0.4) is 0 Å². The Labute approximate surface area is 109 Å². The molecule has 2 N–H and O–H groups in total. The third kappa shape index (κ3) is 6.21. The number of rotatable bonds is 7. The molecule has 0 spiro atoms. The second-order valence-electron chi connectivity index (χ2n) is 4.28. The van der Waals surface area contributed by atoms with E-state index in [0.717, 1.165) is 36.9 Å². The van der Waals surface area contributed by atoms with E-state index in [9.17, 15) is 4.79 Å². The van der Waals surface area contributed by atoms with Crippen LogP contribution in [0.4, 0.5) is 5.69 Å². The Morgan fingerprint density at radius 3 is 2.56 bits per heavy atom. The van der Waals surface area contributed by atoms with Gasteiger partial charge in [0.15, 0.2) is 0 Å². The molecule has 1 amide bonds. The van der Waals surface area contributed by atoms with Gasteiger partial charge in [-0.25, -0.2) is 0 Å². The molecule has 0 atom stereocenters. The molecule has 0 saturated heterocycles. The summed E-state index contributed by atoms with van der Waals surface area (Å²) in [5.74, 6) is -0.0535. The summed E-state index contributed by atoms with van der Waals surface area (Å²) in [6, 6.07) is 7.75. The lowest BCUT2D eigenvalue weighted by Crippen LogP contribution is -2.05. The lowest BCUT2D eigenvalue weighted by Gasteiger charge is -2.01. The lowest BCUT2D eigenvalue weighted by atomic mass is 10.1. The number of hydrogen-bond acceptors (Lipinski definition) is 2. The van der Waals surface area contributed by atoms with Gasteiger partial charge in [-0.15, -0.1) is 0 Å². The highest BCUT2D eigenvalue weighted by Crippen LogP contribution is 2.11. The number of allylic oxidation sites excluding steroid dienone is 1. The van der Waals surface area contributed by atoms with E-state index in [1.54, 1.807) is 0 Å². The third-order valence-electron chi connectivity index (χ3n) is 2.57. The predicted octanol–water partition coefficient (Wildman–Crippen LogP) is 3.21. The SMILES string of the molecule is CC(=O)Nc1ccc(/C=C\CCCCCO)cc1. The number of carbonyl (C=O) groups is 1. The van der Waals surface area contributed by atoms with E-state index in [0.29, 0.717) is 0 Å². The van der Waals surface area contributed by atoms with Gasteiger partial charge < -0.3 is 10.4 Å². The molecule has 1 aromatic carbocycles. The Hall–Kier alpha value is -1.61. The van der Waals surface area contributed by atoms with Crippen LogP contribution in [0.5, 0.6) is 0 Å². The Morgan fingerprint density at radius 2 is 1.94 bits per heavy atom. The highest BCUT2D eigenvalue weighted by atomic mass is 16.2. The van der Waals surface area contributed by atoms with Crippen LogP contribution in [0.2, 0.25) is 0 Å². The summed E-state index contributed by atoms with van der Waals surface area (Å²) >= 11 is 0. The van der Waals surface area contributed by atoms with Gasteiger partial charge in [0, 0.05) is 19.2 Å². The van der Waals surface area contributed by atoms with Crippen LogP contribution in [-0.2, 0) is 4.79 Å². The molecule has 0 aliphatic carbocycles. The van der Waals surface area contributed by atoms with E-state index in [-0.39, 0.29) is 12.5 Å². The highest BCUT2D eigenvalue weighted by Gasteiger charge is 1.94. The van der Waals surface area contributed by atoms with Crippen LogP contribution in [0.25, 0.3) is 6.08 Å². The maximum absolute atomic E-state index is 10.9. The molecule has 0 saturated carbocycles. The van der Waals surface area contributed by atoms with Gasteiger partial charge in [0.1, 0.15) is 0 Å². The van der Waals surface area contributed by atoms with Gasteiger partial charge in [-0.3, -0.25) is 4.79 Å². The van der Waals surface area contributed by atoms with Gasteiger partial charge >= 0.3 is 0 Å². The molecule has 1 rings (SSSR count). The highest BCUT2D eigenvalue weighted by molar-refractivity contribution is 5.88. The minimum Gasteiger partial charge on any atom is -0.396 e. The Kier molecular flexibility index (Phi) is 6.81. The first-order valence-corrected chi connectivity index (χ1v) is 6.37. The largest absolute Gasteiger partial charge is 0.396 e. The molecule has 0 aromatic heterocycles. The van der Waals surface area contributed by atoms with E-state index in [4.69, 9.17) is 5.11 Å². The average molecular weight is 247 g/mol. The molecule has 3 heteroatoms. The number of benzene rings is 1. The van der Waals surface area contributed by atoms with E-state index < -0.39 is 0 Å². The normalized spacial score (nSPS) is 10.8. The Morgan fingerprint density at radius 1 is 1.22 bits per heavy atom. The number of aliphatic hydroxyl groups is 1. The molecule has 0 fully saturated rings. The van der Waals surface area contributed by atoms with Crippen molar-refractivity contribution in [1.29, 1.82) is 0 Å². The Balaban J connectivity index is 2.34. The first kappa shape index (κ1) is 14.5. The quantitative estimate of drug-likeness (QED) is 0.727. The first-order chi connectivity index (χ1) is 8.72. The number of nitrogens with one attached hydrogen (secondary N) is 1. The third-order valence-corrected chi connectivity index (χ3v) is 2.57. The predicted molar refractivity (Wildman–Crippen MR) is 75.3 cm³/mol. The maximum atomic E-state index is 10.9. The fourth-order valence-electron chi connectivity index (χ4n) is 1.65. The van der Waals surface area contributed by atoms with Crippen LogP contribution in [-0.4, -0.2) is 17.6 Å². The number of hydrogen-bond donors (Lipinski definition) is 2. The number of anilines is 1. The zero-order valence-electron chi connectivity index (χ0n) is 10.9. The maximum Gasteiger partial charge on any atom is 0.221 e. The van der Waals surface area contributed by atoms with E-state index in [2.05, 4.69) is 17.5 Å². The van der Waals surface area contributed by atoms with Gasteiger partial charge in [0.25, 0.3) is 0 Å². The van der Waals surface area contributed by atoms with Crippen LogP contribution >= 0.6 is 0 Å². The monoisotopic (exact) mass is 247 g/mol. The fraction of sp³-hybridized carbons (Fsp3) is 0.400. The fourth-order valence-corrected chi connectivity index (χ4v) is 1.65. The molecule has 0 heterocycles. The summed E-state index contributed by atoms with van der Waals surface area (Å²) in [7, 11) is 0. The van der Waals surface area contributed by atoms with Gasteiger partial charge in [-0.2, -0.15) is 0 Å². The van der Waals surface area contributed by atoms with Crippen molar-refractivity contribution in [3.63, 3.8) is 0 Å². The topological polar surface area (TPSA) is 49.3 Å². The second-order valence-corrected chi connectivity index (χ2v) is 4.28. The minimum atomic E-state index is -0.0535. The van der Waals surface area contributed by atoms with Crippen molar-refractivity contribution in [2.45, 2.75) is 32.6 Å². The van der Waals surface area contributed by atoms with E-state index >= 15 is 0 Å². The summed E-state index contributed by atoms with van der Waals surface area (Å²) in [6.07, 6.45) is 8.33. The van der Waals surface area contributed by atoms with E-state index in [1.165, 1.54) is 6.92 Å². The summed E-state index contributed by atoms with van der Waals surface area (Å²) in [4.78, 5) is 10.9. The molecule has 18 heavy (non-hydrogen) atoms. The van der Waals surface area contributed by atoms with Gasteiger partial charge in [-0.05, 0) is 37.0 Å². The van der Waals surface area contributed by atoms with Crippen molar-refractivity contribution < 1.29 is 9.90 Å². The molecule has 1 aromatic rings. The van der Waals surface area contributed by atoms with Gasteiger partial charge in [0.05, 0.1) is 0 Å². The van der Waals surface area contributed by atoms with Crippen LogP contribution in [0, 0.1) is 0 Å². The van der Waals surface area contributed by atoms with Crippen molar-refractivity contribution >= 4 is 17.7 Å². The zero-order chi connectivity index (χ0) is 13.2. The summed E-state index contributed by atoms with van der Waals surface area (Å²) in [6.45, 7) is 1.79. The van der Waals surface area contributed by atoms with Crippen molar-refractivity contribution in [3.05, 3.63) is 35.9 Å². The molecule has 0 aliphatic rings. The van der Waals surface area contributed by atoms with Gasteiger partial charge in [0.2, 0.25) is 5.91 Å². The summed E-state index contributed by atoms with van der Waals surface area (Å²) in [5.41, 5.74) is 1.95. The van der Waals surface area contributed by atoms with Gasteiger partial charge in [-0.1, -0.05) is 30.7 Å². The lowest BCUT2D eigenvalue weighted by molar-refractivity contribution is -0.114. The molecule has 0 bridgehead atoms. The number of aliphatic hydroxyl groups excluding tert-OH is 1. The molecule has 0 aliphatic heterocycles. The van der Waals surface area contributed by atoms with Crippen LogP contribution < -0.4 is 5.32 Å². The summed E-state index contributed by atoms with van der Waals surface area (Å²) in [5, 5.41) is 11.4. The average Bonchev–Trinajstić information content (AvgIpc) is 2.35. The summed E-state index contributed by atoms with van der Waals surface area (Å²) < 4.78 is 0. The first-order valence-electron chi connectivity index (χ1n) is 6.37. The smallest absolute Gasteiger partial charge is 0.221 e. The number of unbranched alkanes of at least 4 members (excludes halogenated alkanes) is 3. The molecule has 0 radical (unpaired) electrons. The molecular formula is C15H21NO2. The number of amides is 1. The Bertz CT molecular complexity index is 382. The van der Waals surface area contributed by atoms with Crippen molar-refractivity contribution in [2.75, 3.05) is 11.9 Å².